The van der Waals surface area contributed by atoms with Crippen molar-refractivity contribution >= 4 is 5.71 Å². The van der Waals surface area contributed by atoms with Crippen LogP contribution in [0.25, 0.3) is 0 Å². The van der Waals surface area contributed by atoms with Crippen molar-refractivity contribution < 1.29 is 0 Å². The second kappa shape index (κ2) is 2.73. The van der Waals surface area contributed by atoms with Crippen LogP contribution in [0.5, 0.6) is 0 Å². The van der Waals surface area contributed by atoms with Crippen LogP contribution in [0.4, 0.5) is 0 Å². The van der Waals surface area contributed by atoms with E-state index in [2.05, 4.69) is 0 Å². The van der Waals surface area contributed by atoms with Crippen LogP contribution in [-0.4, -0.2) is 11.8 Å². The molecule has 8 heavy (non-hydrogen) atoms. The number of nitrogens with one attached hydrogen (secondary N) is 1. The van der Waals surface area contributed by atoms with Crippen molar-refractivity contribution in [2.24, 2.45) is 5.73 Å². The molecule has 4 nitrogen and oxygen atoms in total. The molecule has 0 spiro atoms. The van der Waals surface area contributed by atoms with Crippen LogP contribution in [0.1, 0.15) is 0 Å². The van der Waals surface area contributed by atoms with Gasteiger partial charge in [-0.05, 0) is 0 Å². The Kier molecular flexibility index (Phi) is 2.25. The molecule has 0 saturated carbocycles. The highest BCUT2D eigenvalue weighted by molar-refractivity contribution is 6.01. The molecule has 3 N–H and O–H groups in total. The molecule has 0 rings (SSSR count). The van der Waals surface area contributed by atoms with E-state index in [-0.39, 0.29) is 0 Å². The van der Waals surface area contributed by atoms with Crippen molar-refractivity contribution in [3.05, 3.63) is 0 Å². The van der Waals surface area contributed by atoms with Gasteiger partial charge < -0.3 is 5.73 Å². The Hall–Kier alpha value is -1.39. The Labute approximate surface area is 46.6 Å². The van der Waals surface area contributed by atoms with Crippen molar-refractivity contribution in [2.45, 2.75) is 6.04 Å². The summed E-state index contributed by atoms with van der Waals surface area (Å²) in [6, 6.07) is 1.94. The molecule has 0 fully saturated rings. The van der Waals surface area contributed by atoms with Crippen LogP contribution in [0.2, 0.25) is 0 Å². The van der Waals surface area contributed by atoms with E-state index in [0.717, 1.165) is 0 Å². The molecule has 0 aliphatic carbocycles. The molecule has 0 unspecified atom stereocenters. The predicted octanol–water partition coefficient (Wildman–Crippen LogP) is -0.619. The lowest BCUT2D eigenvalue weighted by Crippen LogP contribution is -2.26. The molecule has 0 aromatic heterocycles. The van der Waals surface area contributed by atoms with Gasteiger partial charge in [0.2, 0.25) is 0 Å². The maximum absolute atomic E-state index is 7.97. The summed E-state index contributed by atoms with van der Waals surface area (Å²) in [6.07, 6.45) is 0. The van der Waals surface area contributed by atoms with E-state index in [1.165, 1.54) is 6.07 Å². The van der Waals surface area contributed by atoms with Crippen LogP contribution in [0.3, 0.4) is 0 Å². The van der Waals surface area contributed by atoms with Crippen LogP contribution in [0.15, 0.2) is 0 Å². The Bertz CT molecular complexity index is 169. The molecule has 0 aliphatic heterocycles. The zero-order valence-corrected chi connectivity index (χ0v) is 4.05. The lowest BCUT2D eigenvalue weighted by atomic mass is 10.2. The average Bonchev–Trinajstić information content (AvgIpc) is 1.84. The summed E-state index contributed by atoms with van der Waals surface area (Å²) in [5.74, 6) is 0. The van der Waals surface area contributed by atoms with Crippen molar-refractivity contribution in [3.63, 3.8) is 0 Å². The van der Waals surface area contributed by atoms with Gasteiger partial charge in [0.25, 0.3) is 0 Å². The van der Waals surface area contributed by atoms with Gasteiger partial charge in [-0.3, -0.25) is 5.41 Å². The van der Waals surface area contributed by atoms with E-state index in [1.807, 2.05) is 0 Å². The number of nitrogens with two attached hydrogens (primary N) is 1. The second-order valence-electron chi connectivity index (χ2n) is 1.13. The predicted molar refractivity (Wildman–Crippen MR) is 26.9 cm³/mol. The first-order valence-corrected chi connectivity index (χ1v) is 1.86. The third-order valence-corrected chi connectivity index (χ3v) is 0.571. The molecule has 0 radical (unpaired) electrons. The summed E-state index contributed by atoms with van der Waals surface area (Å²) in [5.41, 5.74) is 4.52. The standard InChI is InChI=1S/C4H4N4/c5-1-3(7)4(8)2-6/h3,8H,7H2/t3-/m0/s1. The van der Waals surface area contributed by atoms with E-state index >= 15 is 0 Å². The van der Waals surface area contributed by atoms with Gasteiger partial charge in [-0.25, -0.2) is 0 Å². The Morgan fingerprint density at radius 1 is 1.62 bits per heavy atom. The van der Waals surface area contributed by atoms with Gasteiger partial charge in [-0.2, -0.15) is 10.5 Å². The molecule has 0 heterocycles. The van der Waals surface area contributed by atoms with E-state index in [9.17, 15) is 0 Å². The minimum absolute atomic E-state index is 0.396. The first-order chi connectivity index (χ1) is 3.72. The minimum Gasteiger partial charge on any atom is -0.310 e. The summed E-state index contributed by atoms with van der Waals surface area (Å²) in [7, 11) is 0. The van der Waals surface area contributed by atoms with Crippen LogP contribution < -0.4 is 5.73 Å². The third kappa shape index (κ3) is 1.38. The first-order valence-electron chi connectivity index (χ1n) is 1.86. The topological polar surface area (TPSA) is 97.4 Å². The Morgan fingerprint density at radius 2 is 2.12 bits per heavy atom. The van der Waals surface area contributed by atoms with Gasteiger partial charge in [0.15, 0.2) is 0 Å². The van der Waals surface area contributed by atoms with Gasteiger partial charge in [0.1, 0.15) is 17.8 Å². The number of hydrogen-bond acceptors (Lipinski definition) is 4. The molecular weight excluding hydrogens is 104 g/mol. The van der Waals surface area contributed by atoms with Gasteiger partial charge >= 0.3 is 0 Å². The van der Waals surface area contributed by atoms with Gasteiger partial charge in [-0.1, -0.05) is 0 Å². The zero-order chi connectivity index (χ0) is 6.57. The minimum atomic E-state index is -1.06. The molecule has 1 atom stereocenters. The Morgan fingerprint density at radius 3 is 2.25 bits per heavy atom. The maximum atomic E-state index is 7.97. The highest BCUT2D eigenvalue weighted by atomic mass is 14.7. The molecule has 0 aliphatic rings. The molecule has 0 aromatic rings. The van der Waals surface area contributed by atoms with Crippen LogP contribution in [-0.2, 0) is 0 Å². The van der Waals surface area contributed by atoms with Gasteiger partial charge in [-0.15, -0.1) is 0 Å². The van der Waals surface area contributed by atoms with Crippen molar-refractivity contribution in [1.82, 2.24) is 0 Å². The summed E-state index contributed by atoms with van der Waals surface area (Å²) < 4.78 is 0. The van der Waals surface area contributed by atoms with Crippen molar-refractivity contribution in [3.8, 4) is 12.1 Å². The summed E-state index contributed by atoms with van der Waals surface area (Å²) in [6.45, 7) is 0. The lowest BCUT2D eigenvalue weighted by molar-refractivity contribution is 1.08. The fourth-order valence-electron chi connectivity index (χ4n) is 0.134. The van der Waals surface area contributed by atoms with E-state index in [1.54, 1.807) is 6.07 Å². The summed E-state index contributed by atoms with van der Waals surface area (Å²) in [5, 5.41) is 22.5. The second-order valence-corrected chi connectivity index (χ2v) is 1.13. The number of nitrogens with zero attached hydrogens (tertiary/aromatic N) is 2. The normalized spacial score (nSPS) is 10.9. The van der Waals surface area contributed by atoms with Crippen LogP contribution >= 0.6 is 0 Å². The first kappa shape index (κ1) is 6.61. The monoisotopic (exact) mass is 108 g/mol. The number of nitriles is 2. The SMILES string of the molecule is N#CC(=N)[C@@H](N)C#N. The Balaban J connectivity index is 3.93. The molecule has 40 valence electrons. The smallest absolute Gasteiger partial charge is 0.145 e. The fourth-order valence-corrected chi connectivity index (χ4v) is 0.134. The molecule has 0 amide bonds. The van der Waals surface area contributed by atoms with Gasteiger partial charge in [0, 0.05) is 0 Å². The molecule has 0 aromatic carbocycles. The average molecular weight is 108 g/mol. The zero-order valence-electron chi connectivity index (χ0n) is 4.05. The van der Waals surface area contributed by atoms with Crippen LogP contribution in [0, 0.1) is 28.1 Å². The largest absolute Gasteiger partial charge is 0.310 e. The fraction of sp³-hybridized carbons (Fsp3) is 0.250. The van der Waals surface area contributed by atoms with Crippen molar-refractivity contribution in [2.75, 3.05) is 0 Å². The highest BCUT2D eigenvalue weighted by Crippen LogP contribution is 1.74. The summed E-state index contributed by atoms with van der Waals surface area (Å²) >= 11 is 0. The van der Waals surface area contributed by atoms with E-state index in [4.69, 9.17) is 21.7 Å². The summed E-state index contributed by atoms with van der Waals surface area (Å²) in [4.78, 5) is 0. The molecule has 0 saturated heterocycles. The molecule has 4 heteroatoms. The van der Waals surface area contributed by atoms with Gasteiger partial charge in [0.05, 0.1) is 6.07 Å². The lowest BCUT2D eigenvalue weighted by Gasteiger charge is -1.90. The van der Waals surface area contributed by atoms with E-state index in [0.29, 0.717) is 0 Å². The maximum Gasteiger partial charge on any atom is 0.145 e. The van der Waals surface area contributed by atoms with E-state index < -0.39 is 11.8 Å². The third-order valence-electron chi connectivity index (χ3n) is 0.571. The molecule has 0 bridgehead atoms. The number of hydrogen-bond donors (Lipinski definition) is 2. The highest BCUT2D eigenvalue weighted by Gasteiger charge is 2.03. The quantitative estimate of drug-likeness (QED) is 0.438. The number of rotatable bonds is 1. The van der Waals surface area contributed by atoms with Crippen molar-refractivity contribution in [1.29, 1.82) is 15.9 Å². The molecular formula is C4H4N4.